The lowest BCUT2D eigenvalue weighted by Gasteiger charge is -2.13. The van der Waals surface area contributed by atoms with Crippen LogP contribution < -0.4 is 0 Å². The monoisotopic (exact) mass is 344 g/mol. The summed E-state index contributed by atoms with van der Waals surface area (Å²) in [4.78, 5) is 4.32. The van der Waals surface area contributed by atoms with Crippen LogP contribution in [0.4, 0.5) is 0 Å². The highest BCUT2D eigenvalue weighted by atomic mass is 79.9. The Labute approximate surface area is 132 Å². The average molecular weight is 345 g/mol. The number of rotatable bonds is 4. The highest BCUT2D eigenvalue weighted by molar-refractivity contribution is 9.10. The Morgan fingerprint density at radius 1 is 1.19 bits per heavy atom. The molecule has 1 unspecified atom stereocenters. The predicted octanol–water partition coefficient (Wildman–Crippen LogP) is 4.09. The number of aliphatic hydroxyl groups excluding tert-OH is 1. The number of imidazole rings is 1. The SMILES string of the molecule is CCn1ccnc1CC(O)c1ccc2cc(Br)ccc2c1. The molecule has 0 fully saturated rings. The van der Waals surface area contributed by atoms with Crippen molar-refractivity contribution in [2.45, 2.75) is 26.0 Å². The number of benzene rings is 2. The summed E-state index contributed by atoms with van der Waals surface area (Å²) in [7, 11) is 0. The maximum absolute atomic E-state index is 10.5. The van der Waals surface area contributed by atoms with Crippen molar-refractivity contribution in [2.24, 2.45) is 0 Å². The highest BCUT2D eigenvalue weighted by Gasteiger charge is 2.12. The number of aromatic nitrogens is 2. The second-order valence-electron chi connectivity index (χ2n) is 5.10. The molecule has 1 N–H and O–H groups in total. The van der Waals surface area contributed by atoms with E-state index >= 15 is 0 Å². The second kappa shape index (κ2) is 6.00. The number of aliphatic hydroxyl groups is 1. The first kappa shape index (κ1) is 14.3. The standard InChI is InChI=1S/C17H17BrN2O/c1-2-20-8-7-19-17(20)11-16(21)14-4-3-13-10-15(18)6-5-12(13)9-14/h3-10,16,21H,2,11H2,1H3. The Kier molecular flexibility index (Phi) is 4.08. The quantitative estimate of drug-likeness (QED) is 0.773. The van der Waals surface area contributed by atoms with E-state index in [0.29, 0.717) is 6.42 Å². The zero-order valence-corrected chi connectivity index (χ0v) is 13.4. The molecule has 0 saturated heterocycles. The summed E-state index contributed by atoms with van der Waals surface area (Å²) in [6, 6.07) is 12.2. The van der Waals surface area contributed by atoms with Gasteiger partial charge in [-0.25, -0.2) is 4.98 Å². The molecule has 3 aromatic rings. The summed E-state index contributed by atoms with van der Waals surface area (Å²) in [5.74, 6) is 0.918. The lowest BCUT2D eigenvalue weighted by Crippen LogP contribution is -2.08. The van der Waals surface area contributed by atoms with Crippen molar-refractivity contribution in [3.05, 3.63) is 64.7 Å². The molecule has 0 saturated carbocycles. The van der Waals surface area contributed by atoms with E-state index in [2.05, 4.69) is 44.5 Å². The number of hydrogen-bond donors (Lipinski definition) is 1. The molecule has 1 aromatic heterocycles. The molecule has 21 heavy (non-hydrogen) atoms. The van der Waals surface area contributed by atoms with Crippen molar-refractivity contribution in [1.29, 1.82) is 0 Å². The van der Waals surface area contributed by atoms with Gasteiger partial charge >= 0.3 is 0 Å². The van der Waals surface area contributed by atoms with E-state index in [1.165, 1.54) is 0 Å². The van der Waals surface area contributed by atoms with Gasteiger partial charge in [-0.1, -0.05) is 34.1 Å². The van der Waals surface area contributed by atoms with Crippen LogP contribution in [0.2, 0.25) is 0 Å². The minimum atomic E-state index is -0.536. The van der Waals surface area contributed by atoms with Gasteiger partial charge in [0.2, 0.25) is 0 Å². The van der Waals surface area contributed by atoms with E-state index in [1.54, 1.807) is 6.20 Å². The van der Waals surface area contributed by atoms with Crippen molar-refractivity contribution in [3.63, 3.8) is 0 Å². The van der Waals surface area contributed by atoms with Crippen LogP contribution in [0.25, 0.3) is 10.8 Å². The zero-order valence-electron chi connectivity index (χ0n) is 11.8. The third-order valence-electron chi connectivity index (χ3n) is 3.73. The Hall–Kier alpha value is -1.65. The fraction of sp³-hybridized carbons (Fsp3) is 0.235. The topological polar surface area (TPSA) is 38.0 Å². The van der Waals surface area contributed by atoms with Crippen LogP contribution >= 0.6 is 15.9 Å². The molecule has 108 valence electrons. The van der Waals surface area contributed by atoms with Gasteiger partial charge in [0.05, 0.1) is 6.10 Å². The predicted molar refractivity (Wildman–Crippen MR) is 88.2 cm³/mol. The maximum atomic E-state index is 10.5. The Balaban J connectivity index is 1.87. The molecule has 0 radical (unpaired) electrons. The second-order valence-corrected chi connectivity index (χ2v) is 6.02. The van der Waals surface area contributed by atoms with Crippen molar-refractivity contribution in [1.82, 2.24) is 9.55 Å². The molecule has 0 aliphatic rings. The first-order chi connectivity index (χ1) is 10.2. The fourth-order valence-electron chi connectivity index (χ4n) is 2.55. The van der Waals surface area contributed by atoms with E-state index in [4.69, 9.17) is 0 Å². The summed E-state index contributed by atoms with van der Waals surface area (Å²) in [6.07, 6.45) is 3.72. The van der Waals surface area contributed by atoms with Gasteiger partial charge in [-0.3, -0.25) is 0 Å². The van der Waals surface area contributed by atoms with Crippen LogP contribution in [0, 0.1) is 0 Å². The molecule has 4 heteroatoms. The van der Waals surface area contributed by atoms with Gasteiger partial charge in [0.1, 0.15) is 5.82 Å². The first-order valence-electron chi connectivity index (χ1n) is 7.04. The zero-order chi connectivity index (χ0) is 14.8. The summed E-state index contributed by atoms with van der Waals surface area (Å²) in [5.41, 5.74) is 0.926. The molecule has 0 aliphatic carbocycles. The van der Waals surface area contributed by atoms with E-state index in [1.807, 2.05) is 30.5 Å². The van der Waals surface area contributed by atoms with Gasteiger partial charge in [0.15, 0.2) is 0 Å². The minimum Gasteiger partial charge on any atom is -0.388 e. The first-order valence-corrected chi connectivity index (χ1v) is 7.84. The van der Waals surface area contributed by atoms with Crippen LogP contribution in [0.3, 0.4) is 0 Å². The molecule has 3 rings (SSSR count). The molecule has 1 atom stereocenters. The van der Waals surface area contributed by atoms with Crippen LogP contribution in [0.1, 0.15) is 24.4 Å². The number of halogens is 1. The molecule has 3 nitrogen and oxygen atoms in total. The third-order valence-corrected chi connectivity index (χ3v) is 4.22. The van der Waals surface area contributed by atoms with E-state index in [0.717, 1.165) is 33.2 Å². The van der Waals surface area contributed by atoms with Crippen molar-refractivity contribution in [3.8, 4) is 0 Å². The Bertz CT molecular complexity index is 766. The van der Waals surface area contributed by atoms with E-state index in [9.17, 15) is 5.11 Å². The smallest absolute Gasteiger partial charge is 0.111 e. The number of nitrogens with zero attached hydrogens (tertiary/aromatic N) is 2. The molecule has 0 amide bonds. The molecular weight excluding hydrogens is 328 g/mol. The molecule has 2 aromatic carbocycles. The van der Waals surface area contributed by atoms with Gasteiger partial charge in [-0.15, -0.1) is 0 Å². The normalized spacial score (nSPS) is 12.7. The third kappa shape index (κ3) is 3.01. The fourth-order valence-corrected chi connectivity index (χ4v) is 2.93. The van der Waals surface area contributed by atoms with Crippen molar-refractivity contribution in [2.75, 3.05) is 0 Å². The highest BCUT2D eigenvalue weighted by Crippen LogP contribution is 2.25. The van der Waals surface area contributed by atoms with Crippen molar-refractivity contribution < 1.29 is 5.11 Å². The van der Waals surface area contributed by atoms with Gasteiger partial charge in [-0.2, -0.15) is 0 Å². The van der Waals surface area contributed by atoms with Gasteiger partial charge < -0.3 is 9.67 Å². The van der Waals surface area contributed by atoms with E-state index < -0.39 is 6.10 Å². The number of fused-ring (bicyclic) bond motifs is 1. The lowest BCUT2D eigenvalue weighted by atomic mass is 10.0. The molecule has 1 heterocycles. The van der Waals surface area contributed by atoms with E-state index in [-0.39, 0.29) is 0 Å². The minimum absolute atomic E-state index is 0.531. The largest absolute Gasteiger partial charge is 0.388 e. The maximum Gasteiger partial charge on any atom is 0.111 e. The summed E-state index contributed by atoms with van der Waals surface area (Å²) >= 11 is 3.48. The van der Waals surface area contributed by atoms with Crippen molar-refractivity contribution >= 4 is 26.7 Å². The lowest BCUT2D eigenvalue weighted by molar-refractivity contribution is 0.174. The Morgan fingerprint density at radius 3 is 2.76 bits per heavy atom. The van der Waals surface area contributed by atoms with Crippen LogP contribution in [0.5, 0.6) is 0 Å². The number of hydrogen-bond acceptors (Lipinski definition) is 2. The average Bonchev–Trinajstić information content (AvgIpc) is 2.93. The van der Waals surface area contributed by atoms with Gasteiger partial charge in [0.25, 0.3) is 0 Å². The molecule has 0 bridgehead atoms. The van der Waals surface area contributed by atoms with Gasteiger partial charge in [0, 0.05) is 29.8 Å². The molecule has 0 spiro atoms. The Morgan fingerprint density at radius 2 is 1.95 bits per heavy atom. The van der Waals surface area contributed by atoms with Crippen LogP contribution in [-0.4, -0.2) is 14.7 Å². The number of aryl methyl sites for hydroxylation is 1. The summed E-state index contributed by atoms with van der Waals surface area (Å²) in [6.45, 7) is 2.94. The summed E-state index contributed by atoms with van der Waals surface area (Å²) in [5, 5.41) is 12.8. The van der Waals surface area contributed by atoms with Gasteiger partial charge in [-0.05, 0) is 41.5 Å². The van der Waals surface area contributed by atoms with Crippen LogP contribution in [0.15, 0.2) is 53.3 Å². The molecule has 0 aliphatic heterocycles. The summed E-state index contributed by atoms with van der Waals surface area (Å²) < 4.78 is 3.12. The van der Waals surface area contributed by atoms with Crippen LogP contribution in [-0.2, 0) is 13.0 Å². The molecular formula is C17H17BrN2O.